The predicted molar refractivity (Wildman–Crippen MR) is 71.7 cm³/mol. The minimum atomic E-state index is 0.203. The highest BCUT2D eigenvalue weighted by molar-refractivity contribution is 5.33. The monoisotopic (exact) mass is 219 g/mol. The molecule has 0 aliphatic carbocycles. The zero-order valence-electron chi connectivity index (χ0n) is 10.9. The maximum Gasteiger partial charge on any atom is 0.00779 e. The zero-order chi connectivity index (χ0) is 12.0. The van der Waals surface area contributed by atoms with Gasteiger partial charge >= 0.3 is 0 Å². The molecule has 0 radical (unpaired) electrons. The summed E-state index contributed by atoms with van der Waals surface area (Å²) in [5, 5.41) is 0. The van der Waals surface area contributed by atoms with Crippen LogP contribution in [0.3, 0.4) is 0 Å². The van der Waals surface area contributed by atoms with Crippen molar-refractivity contribution in [1.29, 1.82) is 0 Å². The molecule has 0 aliphatic rings. The fourth-order valence-electron chi connectivity index (χ4n) is 2.83. The minimum Gasteiger partial charge on any atom is -0.330 e. The lowest BCUT2D eigenvalue weighted by molar-refractivity contribution is 0.364. The molecule has 0 atom stereocenters. The molecule has 0 bridgehead atoms. The Morgan fingerprint density at radius 1 is 1.06 bits per heavy atom. The summed E-state index contributed by atoms with van der Waals surface area (Å²) in [6.07, 6.45) is 4.79. The van der Waals surface area contributed by atoms with Crippen LogP contribution in [-0.4, -0.2) is 6.54 Å². The number of benzene rings is 1. The van der Waals surface area contributed by atoms with E-state index in [2.05, 4.69) is 45.0 Å². The molecule has 0 aromatic heterocycles. The lowest BCUT2D eigenvalue weighted by atomic mass is 9.72. The normalized spacial score (nSPS) is 11.8. The van der Waals surface area contributed by atoms with Crippen molar-refractivity contribution in [2.75, 3.05) is 6.54 Å². The third-order valence-corrected chi connectivity index (χ3v) is 3.56. The summed E-state index contributed by atoms with van der Waals surface area (Å²) in [6.45, 7) is 7.46. The van der Waals surface area contributed by atoms with Gasteiger partial charge in [-0.15, -0.1) is 0 Å². The molecule has 0 heterocycles. The number of aryl methyl sites for hydroxylation is 1. The molecule has 0 unspecified atom stereocenters. The van der Waals surface area contributed by atoms with Crippen molar-refractivity contribution in [2.24, 2.45) is 5.73 Å². The Labute approximate surface area is 100 Å². The third kappa shape index (κ3) is 2.65. The van der Waals surface area contributed by atoms with E-state index in [-0.39, 0.29) is 5.41 Å². The first-order valence-corrected chi connectivity index (χ1v) is 6.46. The summed E-state index contributed by atoms with van der Waals surface area (Å²) in [5.41, 5.74) is 9.13. The van der Waals surface area contributed by atoms with Gasteiger partial charge in [0.25, 0.3) is 0 Å². The Morgan fingerprint density at radius 3 is 2.06 bits per heavy atom. The Bertz CT molecular complexity index is 311. The van der Waals surface area contributed by atoms with E-state index >= 15 is 0 Å². The summed E-state index contributed by atoms with van der Waals surface area (Å²) in [7, 11) is 0. The molecule has 1 aromatic carbocycles. The topological polar surface area (TPSA) is 26.0 Å². The van der Waals surface area contributed by atoms with Crippen LogP contribution in [0.25, 0.3) is 0 Å². The van der Waals surface area contributed by atoms with Gasteiger partial charge in [-0.1, -0.05) is 51.0 Å². The maximum atomic E-state index is 6.08. The molecule has 1 aromatic rings. The quantitative estimate of drug-likeness (QED) is 0.774. The van der Waals surface area contributed by atoms with Gasteiger partial charge in [-0.25, -0.2) is 0 Å². The molecule has 1 heteroatoms. The van der Waals surface area contributed by atoms with Crippen molar-refractivity contribution >= 4 is 0 Å². The van der Waals surface area contributed by atoms with E-state index in [0.717, 1.165) is 6.54 Å². The Morgan fingerprint density at radius 2 is 1.62 bits per heavy atom. The average molecular weight is 219 g/mol. The fraction of sp³-hybridized carbons (Fsp3) is 0.600. The van der Waals surface area contributed by atoms with E-state index in [9.17, 15) is 0 Å². The predicted octanol–water partition coefficient (Wildman–Crippen LogP) is 3.79. The zero-order valence-corrected chi connectivity index (χ0v) is 10.9. The SMILES string of the molecule is CCCC(CN)(CCC)c1ccccc1C. The smallest absolute Gasteiger partial charge is 0.00779 e. The highest BCUT2D eigenvalue weighted by Gasteiger charge is 2.29. The summed E-state index contributed by atoms with van der Waals surface area (Å²) in [6, 6.07) is 8.70. The molecule has 0 spiro atoms. The summed E-state index contributed by atoms with van der Waals surface area (Å²) in [4.78, 5) is 0. The van der Waals surface area contributed by atoms with Gasteiger partial charge in [-0.2, -0.15) is 0 Å². The largest absolute Gasteiger partial charge is 0.330 e. The van der Waals surface area contributed by atoms with Crippen LogP contribution in [0, 0.1) is 6.92 Å². The van der Waals surface area contributed by atoms with Crippen molar-refractivity contribution in [3.05, 3.63) is 35.4 Å². The molecule has 0 aliphatic heterocycles. The van der Waals surface area contributed by atoms with Gasteiger partial charge in [0, 0.05) is 12.0 Å². The van der Waals surface area contributed by atoms with Crippen molar-refractivity contribution in [1.82, 2.24) is 0 Å². The lowest BCUT2D eigenvalue weighted by Gasteiger charge is -2.34. The van der Waals surface area contributed by atoms with E-state index in [4.69, 9.17) is 5.73 Å². The number of hydrogen-bond acceptors (Lipinski definition) is 1. The Hall–Kier alpha value is -0.820. The van der Waals surface area contributed by atoms with Crippen molar-refractivity contribution in [2.45, 2.75) is 51.9 Å². The van der Waals surface area contributed by atoms with Gasteiger partial charge in [-0.3, -0.25) is 0 Å². The standard InChI is InChI=1S/C15H25N/c1-4-10-15(12-16,11-5-2)14-9-7-6-8-13(14)3/h6-9H,4-5,10-12,16H2,1-3H3. The van der Waals surface area contributed by atoms with E-state index in [0.29, 0.717) is 0 Å². The fourth-order valence-corrected chi connectivity index (χ4v) is 2.83. The van der Waals surface area contributed by atoms with Gasteiger partial charge in [0.2, 0.25) is 0 Å². The number of rotatable bonds is 6. The van der Waals surface area contributed by atoms with Crippen LogP contribution >= 0.6 is 0 Å². The first-order valence-electron chi connectivity index (χ1n) is 6.46. The van der Waals surface area contributed by atoms with Crippen LogP contribution in [0.5, 0.6) is 0 Å². The van der Waals surface area contributed by atoms with E-state index in [1.165, 1.54) is 36.8 Å². The van der Waals surface area contributed by atoms with Crippen LogP contribution in [0.2, 0.25) is 0 Å². The molecule has 0 amide bonds. The van der Waals surface area contributed by atoms with Gasteiger partial charge in [0.15, 0.2) is 0 Å². The molecule has 0 saturated heterocycles. The van der Waals surface area contributed by atoms with Gasteiger partial charge in [0.05, 0.1) is 0 Å². The first-order chi connectivity index (χ1) is 7.70. The molecule has 0 saturated carbocycles. The first kappa shape index (κ1) is 13.2. The molecule has 0 fully saturated rings. The Kier molecular flexibility index (Phi) is 5.01. The van der Waals surface area contributed by atoms with E-state index in [1.54, 1.807) is 0 Å². The Balaban J connectivity index is 3.13. The van der Waals surface area contributed by atoms with Crippen LogP contribution < -0.4 is 5.73 Å². The van der Waals surface area contributed by atoms with Crippen LogP contribution in [0.1, 0.15) is 50.7 Å². The third-order valence-electron chi connectivity index (χ3n) is 3.56. The second kappa shape index (κ2) is 6.05. The second-order valence-electron chi connectivity index (χ2n) is 4.80. The molecule has 90 valence electrons. The maximum absolute atomic E-state index is 6.08. The minimum absolute atomic E-state index is 0.203. The average Bonchev–Trinajstić information content (AvgIpc) is 2.29. The highest BCUT2D eigenvalue weighted by atomic mass is 14.6. The summed E-state index contributed by atoms with van der Waals surface area (Å²) < 4.78 is 0. The molecular weight excluding hydrogens is 194 g/mol. The summed E-state index contributed by atoms with van der Waals surface area (Å²) >= 11 is 0. The van der Waals surface area contributed by atoms with Crippen LogP contribution in [0.15, 0.2) is 24.3 Å². The summed E-state index contributed by atoms with van der Waals surface area (Å²) in [5.74, 6) is 0. The number of nitrogens with two attached hydrogens (primary N) is 1. The molecule has 2 N–H and O–H groups in total. The second-order valence-corrected chi connectivity index (χ2v) is 4.80. The van der Waals surface area contributed by atoms with E-state index in [1.807, 2.05) is 0 Å². The van der Waals surface area contributed by atoms with Crippen molar-refractivity contribution < 1.29 is 0 Å². The van der Waals surface area contributed by atoms with Gasteiger partial charge in [-0.05, 0) is 30.9 Å². The van der Waals surface area contributed by atoms with Crippen molar-refractivity contribution in [3.63, 3.8) is 0 Å². The van der Waals surface area contributed by atoms with Crippen LogP contribution in [0.4, 0.5) is 0 Å². The molecular formula is C15H25N. The molecule has 1 nitrogen and oxygen atoms in total. The van der Waals surface area contributed by atoms with Gasteiger partial charge in [0.1, 0.15) is 0 Å². The highest BCUT2D eigenvalue weighted by Crippen LogP contribution is 2.35. The van der Waals surface area contributed by atoms with Crippen molar-refractivity contribution in [3.8, 4) is 0 Å². The molecule has 16 heavy (non-hydrogen) atoms. The van der Waals surface area contributed by atoms with E-state index < -0.39 is 0 Å². The van der Waals surface area contributed by atoms with Crippen LogP contribution in [-0.2, 0) is 5.41 Å². The molecule has 1 rings (SSSR count). The number of hydrogen-bond donors (Lipinski definition) is 1. The van der Waals surface area contributed by atoms with Gasteiger partial charge < -0.3 is 5.73 Å². The lowest BCUT2D eigenvalue weighted by Crippen LogP contribution is -2.35.